The standard InChI is InChI=1S/C22H22N2O2/c1-14-5-3-8-19-20(11-15(2)23-21(14)19)22(26)24(17-9-10-17)13-16-6-4-7-18(25)12-16/h3-8,11-12,17,25H,9-10,13H2,1-2H3. The number of rotatable bonds is 4. The molecule has 0 atom stereocenters. The van der Waals surface area contributed by atoms with Crippen molar-refractivity contribution in [2.75, 3.05) is 0 Å². The number of phenols is 1. The van der Waals surface area contributed by atoms with Gasteiger partial charge in [0.05, 0.1) is 11.1 Å². The molecule has 4 heteroatoms. The predicted octanol–water partition coefficient (Wildman–Crippen LogP) is 4.36. The second kappa shape index (κ2) is 6.45. The van der Waals surface area contributed by atoms with Crippen molar-refractivity contribution in [2.24, 2.45) is 0 Å². The number of aromatic nitrogens is 1. The maximum absolute atomic E-state index is 13.4. The molecule has 1 fully saturated rings. The molecule has 1 aliphatic rings. The number of hydrogen-bond acceptors (Lipinski definition) is 3. The summed E-state index contributed by atoms with van der Waals surface area (Å²) in [6.07, 6.45) is 2.07. The van der Waals surface area contributed by atoms with Crippen molar-refractivity contribution in [3.05, 3.63) is 70.9 Å². The van der Waals surface area contributed by atoms with Crippen molar-refractivity contribution in [2.45, 2.75) is 39.3 Å². The van der Waals surface area contributed by atoms with E-state index in [4.69, 9.17) is 0 Å². The number of carbonyl (C=O) groups excluding carboxylic acids is 1. The van der Waals surface area contributed by atoms with E-state index in [0.717, 1.165) is 40.6 Å². The molecular weight excluding hydrogens is 324 g/mol. The van der Waals surface area contributed by atoms with Crippen LogP contribution in [-0.2, 0) is 6.54 Å². The maximum atomic E-state index is 13.4. The van der Waals surface area contributed by atoms with Crippen LogP contribution in [0.25, 0.3) is 10.9 Å². The molecule has 0 spiro atoms. The van der Waals surface area contributed by atoms with Crippen LogP contribution in [0.4, 0.5) is 0 Å². The Kier molecular flexibility index (Phi) is 4.11. The first-order valence-corrected chi connectivity index (χ1v) is 8.99. The number of aromatic hydroxyl groups is 1. The van der Waals surface area contributed by atoms with E-state index < -0.39 is 0 Å². The molecule has 1 N–H and O–H groups in total. The van der Waals surface area contributed by atoms with E-state index in [1.165, 1.54) is 0 Å². The molecule has 1 heterocycles. The third-order valence-corrected chi connectivity index (χ3v) is 4.91. The van der Waals surface area contributed by atoms with Crippen molar-refractivity contribution in [1.29, 1.82) is 0 Å². The average molecular weight is 346 g/mol. The van der Waals surface area contributed by atoms with Gasteiger partial charge in [0.25, 0.3) is 5.91 Å². The van der Waals surface area contributed by atoms with Crippen LogP contribution in [0.5, 0.6) is 5.75 Å². The van der Waals surface area contributed by atoms with Crippen molar-refractivity contribution < 1.29 is 9.90 Å². The first kappa shape index (κ1) is 16.6. The summed E-state index contributed by atoms with van der Waals surface area (Å²) in [5, 5.41) is 10.6. The number of benzene rings is 2. The topological polar surface area (TPSA) is 53.4 Å². The first-order valence-electron chi connectivity index (χ1n) is 8.99. The largest absolute Gasteiger partial charge is 0.508 e. The quantitative estimate of drug-likeness (QED) is 0.763. The highest BCUT2D eigenvalue weighted by atomic mass is 16.3. The number of amides is 1. The minimum atomic E-state index is 0.0388. The lowest BCUT2D eigenvalue weighted by Crippen LogP contribution is -2.32. The van der Waals surface area contributed by atoms with Gasteiger partial charge in [-0.2, -0.15) is 0 Å². The molecule has 4 nitrogen and oxygen atoms in total. The number of phenolic OH excluding ortho intramolecular Hbond substituents is 1. The monoisotopic (exact) mass is 346 g/mol. The lowest BCUT2D eigenvalue weighted by atomic mass is 10.0. The molecule has 0 aliphatic heterocycles. The Hall–Kier alpha value is -2.88. The second-order valence-electron chi connectivity index (χ2n) is 7.12. The summed E-state index contributed by atoms with van der Waals surface area (Å²) in [5.41, 5.74) is 4.47. The molecule has 0 saturated heterocycles. The maximum Gasteiger partial charge on any atom is 0.255 e. The molecule has 0 radical (unpaired) electrons. The van der Waals surface area contributed by atoms with Crippen LogP contribution in [0, 0.1) is 13.8 Å². The van der Waals surface area contributed by atoms with E-state index in [-0.39, 0.29) is 17.7 Å². The van der Waals surface area contributed by atoms with Crippen LogP contribution in [0.1, 0.15) is 40.0 Å². The van der Waals surface area contributed by atoms with E-state index in [9.17, 15) is 9.90 Å². The summed E-state index contributed by atoms with van der Waals surface area (Å²) < 4.78 is 0. The summed E-state index contributed by atoms with van der Waals surface area (Å²) in [6.45, 7) is 4.46. The zero-order valence-corrected chi connectivity index (χ0v) is 15.1. The van der Waals surface area contributed by atoms with E-state index in [0.29, 0.717) is 12.1 Å². The molecule has 0 bridgehead atoms. The Bertz CT molecular complexity index is 993. The van der Waals surface area contributed by atoms with Crippen molar-refractivity contribution >= 4 is 16.8 Å². The van der Waals surface area contributed by atoms with Crippen LogP contribution in [-0.4, -0.2) is 26.9 Å². The molecule has 132 valence electrons. The molecule has 1 aromatic heterocycles. The minimum absolute atomic E-state index is 0.0388. The Balaban J connectivity index is 1.75. The number of aryl methyl sites for hydroxylation is 2. The van der Waals surface area contributed by atoms with Gasteiger partial charge in [-0.15, -0.1) is 0 Å². The van der Waals surface area contributed by atoms with Gasteiger partial charge < -0.3 is 10.0 Å². The molecule has 26 heavy (non-hydrogen) atoms. The number of fused-ring (bicyclic) bond motifs is 1. The van der Waals surface area contributed by atoms with Gasteiger partial charge in [-0.25, -0.2) is 0 Å². The molecule has 1 saturated carbocycles. The molecule has 1 amide bonds. The van der Waals surface area contributed by atoms with Gasteiger partial charge in [-0.3, -0.25) is 9.78 Å². The Labute approximate surface area is 153 Å². The summed E-state index contributed by atoms with van der Waals surface area (Å²) in [7, 11) is 0. The zero-order chi connectivity index (χ0) is 18.3. The normalized spacial score (nSPS) is 13.8. The summed E-state index contributed by atoms with van der Waals surface area (Å²) in [5.74, 6) is 0.267. The van der Waals surface area contributed by atoms with Gasteiger partial charge in [0.2, 0.25) is 0 Å². The number of nitrogens with zero attached hydrogens (tertiary/aromatic N) is 2. The van der Waals surface area contributed by atoms with Crippen molar-refractivity contribution in [1.82, 2.24) is 9.88 Å². The van der Waals surface area contributed by atoms with Crippen LogP contribution < -0.4 is 0 Å². The Morgan fingerprint density at radius 1 is 1.15 bits per heavy atom. The second-order valence-corrected chi connectivity index (χ2v) is 7.12. The fourth-order valence-electron chi connectivity index (χ4n) is 3.46. The lowest BCUT2D eigenvalue weighted by molar-refractivity contribution is 0.0731. The van der Waals surface area contributed by atoms with E-state index >= 15 is 0 Å². The van der Waals surface area contributed by atoms with Crippen molar-refractivity contribution in [3.8, 4) is 5.75 Å². The number of hydrogen-bond donors (Lipinski definition) is 1. The smallest absolute Gasteiger partial charge is 0.255 e. The lowest BCUT2D eigenvalue weighted by Gasteiger charge is -2.24. The van der Waals surface area contributed by atoms with Gasteiger partial charge >= 0.3 is 0 Å². The van der Waals surface area contributed by atoms with Gasteiger partial charge in [0.1, 0.15) is 5.75 Å². The molecule has 4 rings (SSSR count). The van der Waals surface area contributed by atoms with Gasteiger partial charge in [-0.1, -0.05) is 30.3 Å². The average Bonchev–Trinajstić information content (AvgIpc) is 3.44. The van der Waals surface area contributed by atoms with Crippen molar-refractivity contribution in [3.63, 3.8) is 0 Å². The third kappa shape index (κ3) is 3.15. The van der Waals surface area contributed by atoms with E-state index in [1.54, 1.807) is 12.1 Å². The number of carbonyl (C=O) groups is 1. The fourth-order valence-corrected chi connectivity index (χ4v) is 3.46. The van der Waals surface area contributed by atoms with Crippen LogP contribution >= 0.6 is 0 Å². The van der Waals surface area contributed by atoms with E-state index in [2.05, 4.69) is 4.98 Å². The molecular formula is C22H22N2O2. The summed E-state index contributed by atoms with van der Waals surface area (Å²) >= 11 is 0. The zero-order valence-electron chi connectivity index (χ0n) is 15.1. The SMILES string of the molecule is Cc1cc(C(=O)N(Cc2cccc(O)c2)C2CC2)c2cccc(C)c2n1. The van der Waals surface area contributed by atoms with Crippen LogP contribution in [0.15, 0.2) is 48.5 Å². The summed E-state index contributed by atoms with van der Waals surface area (Å²) in [6, 6.07) is 15.3. The van der Waals surface area contributed by atoms with E-state index in [1.807, 2.05) is 55.1 Å². The minimum Gasteiger partial charge on any atom is -0.508 e. The molecule has 1 aliphatic carbocycles. The molecule has 2 aromatic carbocycles. The molecule has 3 aromatic rings. The predicted molar refractivity (Wildman–Crippen MR) is 102 cm³/mol. The Morgan fingerprint density at radius 3 is 2.65 bits per heavy atom. The highest BCUT2D eigenvalue weighted by Crippen LogP contribution is 2.32. The van der Waals surface area contributed by atoms with Gasteiger partial charge in [0.15, 0.2) is 0 Å². The first-order chi connectivity index (χ1) is 12.5. The molecule has 0 unspecified atom stereocenters. The van der Waals surface area contributed by atoms with Crippen LogP contribution in [0.3, 0.4) is 0 Å². The van der Waals surface area contributed by atoms with Gasteiger partial charge in [-0.05, 0) is 56.0 Å². The fraction of sp³-hybridized carbons (Fsp3) is 0.273. The third-order valence-electron chi connectivity index (χ3n) is 4.91. The highest BCUT2D eigenvalue weighted by Gasteiger charge is 2.34. The van der Waals surface area contributed by atoms with Gasteiger partial charge in [0, 0.05) is 23.7 Å². The Morgan fingerprint density at radius 2 is 1.92 bits per heavy atom. The highest BCUT2D eigenvalue weighted by molar-refractivity contribution is 6.07. The summed E-state index contributed by atoms with van der Waals surface area (Å²) in [4.78, 5) is 20.0. The van der Waals surface area contributed by atoms with Crippen LogP contribution in [0.2, 0.25) is 0 Å². The number of para-hydroxylation sites is 1. The number of pyridine rings is 1.